The van der Waals surface area contributed by atoms with Crippen molar-refractivity contribution in [3.63, 3.8) is 0 Å². The van der Waals surface area contributed by atoms with E-state index in [1.165, 1.54) is 32.1 Å². The number of hydrogen-bond acceptors (Lipinski definition) is 6. The normalized spacial score (nSPS) is 14.5. The fourth-order valence-corrected chi connectivity index (χ4v) is 4.02. The van der Waals surface area contributed by atoms with E-state index < -0.39 is 0 Å². The molecule has 0 radical (unpaired) electrons. The Hall–Kier alpha value is -3.09. The van der Waals surface area contributed by atoms with Crippen molar-refractivity contribution in [1.29, 1.82) is 0 Å². The Balaban J connectivity index is 1.46. The second kappa shape index (κ2) is 10.3. The number of aromatic nitrogens is 3. The summed E-state index contributed by atoms with van der Waals surface area (Å²) in [6, 6.07) is 10.3. The van der Waals surface area contributed by atoms with E-state index in [4.69, 9.17) is 14.5 Å². The number of imidazole rings is 1. The molecule has 1 aromatic carbocycles. The first kappa shape index (κ1) is 21.2. The molecule has 0 aliphatic heterocycles. The molecule has 4 rings (SSSR count). The molecule has 0 unspecified atom stereocenters. The summed E-state index contributed by atoms with van der Waals surface area (Å²) < 4.78 is 12.7. The van der Waals surface area contributed by atoms with E-state index >= 15 is 0 Å². The van der Waals surface area contributed by atoms with Crippen LogP contribution in [-0.4, -0.2) is 39.6 Å². The van der Waals surface area contributed by atoms with Gasteiger partial charge in [-0.15, -0.1) is 0 Å². The molecule has 0 bridgehead atoms. The molecule has 31 heavy (non-hydrogen) atoms. The van der Waals surface area contributed by atoms with Gasteiger partial charge in [0.05, 0.1) is 13.2 Å². The molecule has 7 nitrogen and oxygen atoms in total. The lowest BCUT2D eigenvalue weighted by Gasteiger charge is -2.24. The highest BCUT2D eigenvalue weighted by Crippen LogP contribution is 2.32. The van der Waals surface area contributed by atoms with Gasteiger partial charge in [-0.3, -0.25) is 9.20 Å². The van der Waals surface area contributed by atoms with Gasteiger partial charge in [0, 0.05) is 30.4 Å². The molecule has 1 aliphatic carbocycles. The monoisotopic (exact) mass is 422 g/mol. The van der Waals surface area contributed by atoms with Crippen molar-refractivity contribution in [2.24, 2.45) is 0 Å². The molecule has 7 heteroatoms. The van der Waals surface area contributed by atoms with E-state index in [2.05, 4.69) is 10.3 Å². The summed E-state index contributed by atoms with van der Waals surface area (Å²) in [5.74, 6) is 2.28. The molecular weight excluding hydrogens is 392 g/mol. The zero-order chi connectivity index (χ0) is 21.5. The number of ether oxygens (including phenoxy) is 2. The van der Waals surface area contributed by atoms with Crippen LogP contribution >= 0.6 is 0 Å². The van der Waals surface area contributed by atoms with Crippen molar-refractivity contribution in [2.75, 3.05) is 18.5 Å². The van der Waals surface area contributed by atoms with E-state index in [0.717, 1.165) is 22.8 Å². The molecule has 2 heterocycles. The van der Waals surface area contributed by atoms with E-state index in [0.29, 0.717) is 37.9 Å². The van der Waals surface area contributed by atoms with E-state index in [9.17, 15) is 4.79 Å². The highest BCUT2D eigenvalue weighted by atomic mass is 16.5. The SMILES string of the molecule is CCOC(=O)CCCOc1ccc(-c2nc3ncccn3c2NC2CCCCC2)cc1. The Labute approximate surface area is 182 Å². The van der Waals surface area contributed by atoms with Crippen LogP contribution in [0.25, 0.3) is 17.0 Å². The summed E-state index contributed by atoms with van der Waals surface area (Å²) in [7, 11) is 0. The zero-order valence-corrected chi connectivity index (χ0v) is 18.0. The van der Waals surface area contributed by atoms with Gasteiger partial charge in [0.2, 0.25) is 5.78 Å². The lowest BCUT2D eigenvalue weighted by Crippen LogP contribution is -2.23. The number of anilines is 1. The van der Waals surface area contributed by atoms with Crippen LogP contribution in [0.4, 0.5) is 5.82 Å². The first-order valence-electron chi connectivity index (χ1n) is 11.2. The predicted octanol–water partition coefficient (Wildman–Crippen LogP) is 4.86. The summed E-state index contributed by atoms with van der Waals surface area (Å²) in [5, 5.41) is 3.73. The van der Waals surface area contributed by atoms with Crippen molar-refractivity contribution < 1.29 is 14.3 Å². The summed E-state index contributed by atoms with van der Waals surface area (Å²) in [6.07, 6.45) is 11.0. The zero-order valence-electron chi connectivity index (χ0n) is 18.0. The first-order chi connectivity index (χ1) is 15.2. The van der Waals surface area contributed by atoms with Gasteiger partial charge in [-0.2, -0.15) is 0 Å². The van der Waals surface area contributed by atoms with Crippen LogP contribution in [-0.2, 0) is 9.53 Å². The highest BCUT2D eigenvalue weighted by molar-refractivity contribution is 5.76. The highest BCUT2D eigenvalue weighted by Gasteiger charge is 2.20. The number of carbonyl (C=O) groups excluding carboxylic acids is 1. The van der Waals surface area contributed by atoms with Gasteiger partial charge in [-0.1, -0.05) is 19.3 Å². The van der Waals surface area contributed by atoms with Gasteiger partial charge >= 0.3 is 5.97 Å². The molecule has 1 fully saturated rings. The van der Waals surface area contributed by atoms with Crippen LogP contribution in [0.15, 0.2) is 42.7 Å². The fourth-order valence-electron chi connectivity index (χ4n) is 4.02. The molecule has 0 atom stereocenters. The molecule has 2 aromatic heterocycles. The average molecular weight is 423 g/mol. The smallest absolute Gasteiger partial charge is 0.305 e. The Morgan fingerprint density at radius 3 is 2.77 bits per heavy atom. The number of rotatable bonds is 9. The number of benzene rings is 1. The minimum Gasteiger partial charge on any atom is -0.494 e. The Bertz CT molecular complexity index is 994. The lowest BCUT2D eigenvalue weighted by atomic mass is 9.95. The van der Waals surface area contributed by atoms with Crippen LogP contribution in [0.2, 0.25) is 0 Å². The minimum atomic E-state index is -0.181. The maximum atomic E-state index is 11.4. The third-order valence-electron chi connectivity index (χ3n) is 5.58. The molecule has 164 valence electrons. The summed E-state index contributed by atoms with van der Waals surface area (Å²) in [6.45, 7) is 2.70. The maximum absolute atomic E-state index is 11.4. The molecule has 0 saturated heterocycles. The molecule has 0 amide bonds. The number of carbonyl (C=O) groups is 1. The Morgan fingerprint density at radius 1 is 1.19 bits per heavy atom. The number of fused-ring (bicyclic) bond motifs is 1. The predicted molar refractivity (Wildman–Crippen MR) is 120 cm³/mol. The number of esters is 1. The first-order valence-corrected chi connectivity index (χ1v) is 11.2. The summed E-state index contributed by atoms with van der Waals surface area (Å²) in [5.41, 5.74) is 1.92. The summed E-state index contributed by atoms with van der Waals surface area (Å²) in [4.78, 5) is 20.6. The second-order valence-corrected chi connectivity index (χ2v) is 7.86. The van der Waals surface area contributed by atoms with Crippen molar-refractivity contribution in [2.45, 2.75) is 57.9 Å². The van der Waals surface area contributed by atoms with Crippen molar-refractivity contribution >= 4 is 17.6 Å². The average Bonchev–Trinajstić information content (AvgIpc) is 3.16. The maximum Gasteiger partial charge on any atom is 0.305 e. The van der Waals surface area contributed by atoms with Crippen LogP contribution in [0.5, 0.6) is 5.75 Å². The van der Waals surface area contributed by atoms with E-state index in [1.807, 2.05) is 47.9 Å². The van der Waals surface area contributed by atoms with Crippen LogP contribution < -0.4 is 10.1 Å². The molecule has 1 N–H and O–H groups in total. The fraction of sp³-hybridized carbons (Fsp3) is 0.458. The second-order valence-electron chi connectivity index (χ2n) is 7.86. The van der Waals surface area contributed by atoms with Gasteiger partial charge in [0.25, 0.3) is 0 Å². The Kier molecular flexibility index (Phi) is 7.02. The van der Waals surface area contributed by atoms with Gasteiger partial charge in [0.1, 0.15) is 17.3 Å². The van der Waals surface area contributed by atoms with Crippen LogP contribution in [0.1, 0.15) is 51.9 Å². The molecule has 1 aliphatic rings. The summed E-state index contributed by atoms with van der Waals surface area (Å²) >= 11 is 0. The van der Waals surface area contributed by atoms with Crippen molar-refractivity contribution in [1.82, 2.24) is 14.4 Å². The third-order valence-corrected chi connectivity index (χ3v) is 5.58. The molecule has 0 spiro atoms. The van der Waals surface area contributed by atoms with Crippen LogP contribution in [0, 0.1) is 0 Å². The van der Waals surface area contributed by atoms with Gasteiger partial charge in [-0.25, -0.2) is 9.97 Å². The molecule has 3 aromatic rings. The minimum absolute atomic E-state index is 0.181. The number of hydrogen-bond donors (Lipinski definition) is 1. The van der Waals surface area contributed by atoms with Crippen molar-refractivity contribution in [3.8, 4) is 17.0 Å². The van der Waals surface area contributed by atoms with Gasteiger partial charge in [0.15, 0.2) is 0 Å². The molecule has 1 saturated carbocycles. The topological polar surface area (TPSA) is 77.8 Å². The quantitative estimate of drug-likeness (QED) is 0.392. The molecular formula is C24H30N4O3. The Morgan fingerprint density at radius 2 is 2.00 bits per heavy atom. The van der Waals surface area contributed by atoms with Gasteiger partial charge in [-0.05, 0) is 56.5 Å². The van der Waals surface area contributed by atoms with Crippen LogP contribution in [0.3, 0.4) is 0 Å². The van der Waals surface area contributed by atoms with Gasteiger partial charge < -0.3 is 14.8 Å². The van der Waals surface area contributed by atoms with Crippen molar-refractivity contribution in [3.05, 3.63) is 42.7 Å². The van der Waals surface area contributed by atoms with E-state index in [1.54, 1.807) is 6.20 Å². The number of nitrogens with one attached hydrogen (secondary N) is 1. The number of nitrogens with zero attached hydrogens (tertiary/aromatic N) is 3. The lowest BCUT2D eigenvalue weighted by molar-refractivity contribution is -0.143. The van der Waals surface area contributed by atoms with E-state index in [-0.39, 0.29) is 5.97 Å². The third kappa shape index (κ3) is 5.34. The largest absolute Gasteiger partial charge is 0.494 e. The standard InChI is InChI=1S/C24H30N4O3/c1-2-30-21(29)10-6-17-31-20-13-11-18(12-14-20)22-23(26-19-8-4-3-5-9-19)28-16-7-15-25-24(28)27-22/h7,11-16,19,26H,2-6,8-10,17H2,1H3.